The van der Waals surface area contributed by atoms with Gasteiger partial charge in [-0.3, -0.25) is 0 Å². The highest BCUT2D eigenvalue weighted by molar-refractivity contribution is 6.09. The summed E-state index contributed by atoms with van der Waals surface area (Å²) in [5.41, 5.74) is 4.56. The smallest absolute Gasteiger partial charge is 0.227 e. The lowest BCUT2D eigenvalue weighted by Crippen LogP contribution is -2.42. The van der Waals surface area contributed by atoms with Gasteiger partial charge in [0.25, 0.3) is 0 Å². The van der Waals surface area contributed by atoms with Crippen LogP contribution < -0.4 is 9.80 Å². The van der Waals surface area contributed by atoms with Gasteiger partial charge < -0.3 is 14.2 Å². The van der Waals surface area contributed by atoms with Crippen LogP contribution in [0.5, 0.6) is 0 Å². The van der Waals surface area contributed by atoms with Crippen molar-refractivity contribution >= 4 is 39.3 Å². The minimum absolute atomic E-state index is 0.0807. The molecule has 5 heteroatoms. The molecule has 0 spiro atoms. The van der Waals surface area contributed by atoms with Crippen molar-refractivity contribution in [1.29, 1.82) is 0 Å². The highest BCUT2D eigenvalue weighted by atomic mass is 16.3. The topological polar surface area (TPSA) is 45.4 Å². The van der Waals surface area contributed by atoms with Gasteiger partial charge in [-0.1, -0.05) is 12.1 Å². The Bertz CT molecular complexity index is 1210. The molecule has 1 aromatic carbocycles. The van der Waals surface area contributed by atoms with E-state index in [1.165, 1.54) is 0 Å². The quantitative estimate of drug-likeness (QED) is 0.480. The van der Waals surface area contributed by atoms with E-state index in [2.05, 4.69) is 46.9 Å². The summed E-state index contributed by atoms with van der Waals surface area (Å²) in [6, 6.07) is 11.4. The maximum absolute atomic E-state index is 8.67. The van der Waals surface area contributed by atoms with E-state index in [4.69, 9.17) is 5.79 Å². The summed E-state index contributed by atoms with van der Waals surface area (Å²) in [5.74, 6) is 0.820. The van der Waals surface area contributed by atoms with E-state index in [9.17, 15) is 0 Å². The molecule has 0 saturated carbocycles. The Balaban J connectivity index is 1.82. The Morgan fingerprint density at radius 2 is 1.85 bits per heavy atom. The molecular formula is C22H22N4O. The van der Waals surface area contributed by atoms with Crippen molar-refractivity contribution < 1.29 is 5.79 Å². The Kier molecular flexibility index (Phi) is 3.18. The van der Waals surface area contributed by atoms with Crippen LogP contribution in [-0.4, -0.2) is 22.2 Å². The van der Waals surface area contributed by atoms with Gasteiger partial charge in [-0.15, -0.1) is 0 Å². The fraction of sp³-hybridized carbons (Fsp3) is 0.273. The lowest BCUT2D eigenvalue weighted by atomic mass is 10.1. The minimum Gasteiger partial charge on any atom is -0.435 e. The van der Waals surface area contributed by atoms with Gasteiger partial charge in [0.15, 0.2) is 11.4 Å². The van der Waals surface area contributed by atoms with E-state index in [1.54, 1.807) is 12.4 Å². The summed E-state index contributed by atoms with van der Waals surface area (Å²) >= 11 is 0. The number of anilines is 3. The normalized spacial score (nSPS) is 17.6. The van der Waals surface area contributed by atoms with E-state index >= 15 is 0 Å². The molecule has 1 aliphatic heterocycles. The van der Waals surface area contributed by atoms with Gasteiger partial charge in [0, 0.05) is 29.2 Å². The zero-order chi connectivity index (χ0) is 19.6. The summed E-state index contributed by atoms with van der Waals surface area (Å²) in [7, 11) is 0. The molecule has 0 amide bonds. The van der Waals surface area contributed by atoms with Crippen molar-refractivity contribution in [3.63, 3.8) is 0 Å². The zero-order valence-electron chi connectivity index (χ0n) is 16.9. The number of furan rings is 1. The molecule has 0 saturated heterocycles. The fourth-order valence-electron chi connectivity index (χ4n) is 4.21. The number of rotatable bonds is 2. The Hall–Kier alpha value is -3.08. The molecule has 0 bridgehead atoms. The average molecular weight is 359 g/mol. The molecular weight excluding hydrogens is 336 g/mol. The number of pyridine rings is 2. The first-order valence-electron chi connectivity index (χ1n) is 9.68. The molecule has 5 rings (SSSR count). The van der Waals surface area contributed by atoms with Gasteiger partial charge in [0.2, 0.25) is 5.71 Å². The standard InChI is InChI=1S/C22H22N4O/c1-13(2)25-15(4)26(18-8-6-11-23-21(18)25)19-14(3)9-10-16-17-7-5-12-24-22(17)27-20(16)19/h5-13,15H,1-4H3/t15-/m0/s1/i13D. The van der Waals surface area contributed by atoms with Crippen LogP contribution >= 0.6 is 0 Å². The van der Waals surface area contributed by atoms with E-state index in [1.807, 2.05) is 36.9 Å². The maximum Gasteiger partial charge on any atom is 0.227 e. The maximum atomic E-state index is 8.67. The van der Waals surface area contributed by atoms with Crippen LogP contribution in [0.4, 0.5) is 17.2 Å². The zero-order valence-corrected chi connectivity index (χ0v) is 15.9. The van der Waals surface area contributed by atoms with Crippen molar-refractivity contribution in [2.24, 2.45) is 0 Å². The lowest BCUT2D eigenvalue weighted by Gasteiger charge is -2.33. The first-order valence-corrected chi connectivity index (χ1v) is 9.18. The van der Waals surface area contributed by atoms with Gasteiger partial charge in [0.05, 0.1) is 12.7 Å². The van der Waals surface area contributed by atoms with E-state index in [0.29, 0.717) is 5.71 Å². The van der Waals surface area contributed by atoms with Crippen molar-refractivity contribution in [2.75, 3.05) is 9.80 Å². The van der Waals surface area contributed by atoms with Gasteiger partial charge in [-0.2, -0.15) is 0 Å². The third-order valence-corrected chi connectivity index (χ3v) is 5.32. The number of hydrogen-bond donors (Lipinski definition) is 0. The SMILES string of the molecule is [2H]C(C)(C)N1c2ncccc2N(c2c(C)ccc3c2oc2ncccc23)[C@H]1C. The highest BCUT2D eigenvalue weighted by Gasteiger charge is 2.38. The third-order valence-electron chi connectivity index (χ3n) is 5.32. The van der Waals surface area contributed by atoms with Crippen LogP contribution in [0.25, 0.3) is 22.1 Å². The molecule has 27 heavy (non-hydrogen) atoms. The van der Waals surface area contributed by atoms with Crippen LogP contribution in [0.2, 0.25) is 0 Å². The van der Waals surface area contributed by atoms with Crippen LogP contribution in [0.1, 0.15) is 27.7 Å². The van der Waals surface area contributed by atoms with Gasteiger partial charge >= 0.3 is 0 Å². The summed E-state index contributed by atoms with van der Waals surface area (Å²) in [6.07, 6.45) is 3.45. The van der Waals surface area contributed by atoms with Crippen molar-refractivity contribution in [2.45, 2.75) is 39.9 Å². The minimum atomic E-state index is -0.811. The van der Waals surface area contributed by atoms with Crippen LogP contribution in [0, 0.1) is 6.92 Å². The molecule has 3 aromatic heterocycles. The van der Waals surface area contributed by atoms with Crippen LogP contribution in [0.3, 0.4) is 0 Å². The second-order valence-corrected chi connectivity index (χ2v) is 7.23. The number of fused-ring (bicyclic) bond motifs is 4. The molecule has 4 aromatic rings. The molecule has 1 atom stereocenters. The summed E-state index contributed by atoms with van der Waals surface area (Å²) in [6.45, 7) is 7.98. The molecule has 136 valence electrons. The lowest BCUT2D eigenvalue weighted by molar-refractivity contribution is 0.597. The van der Waals surface area contributed by atoms with Crippen LogP contribution in [0.15, 0.2) is 53.2 Å². The molecule has 1 aliphatic rings. The monoisotopic (exact) mass is 359 g/mol. The van der Waals surface area contributed by atoms with Gasteiger partial charge in [-0.05, 0) is 57.5 Å². The molecule has 0 radical (unpaired) electrons. The van der Waals surface area contributed by atoms with E-state index in [0.717, 1.165) is 39.1 Å². The Labute approximate surface area is 159 Å². The number of hydrogen-bond acceptors (Lipinski definition) is 5. The summed E-state index contributed by atoms with van der Waals surface area (Å²) < 4.78 is 14.9. The van der Waals surface area contributed by atoms with Crippen LogP contribution in [-0.2, 0) is 0 Å². The van der Waals surface area contributed by atoms with Gasteiger partial charge in [-0.25, -0.2) is 9.97 Å². The molecule has 0 N–H and O–H groups in total. The summed E-state index contributed by atoms with van der Waals surface area (Å²) in [4.78, 5) is 13.3. The predicted octanol–water partition coefficient (Wildman–Crippen LogP) is 5.40. The van der Waals surface area contributed by atoms with Crippen molar-refractivity contribution in [1.82, 2.24) is 9.97 Å². The van der Waals surface area contributed by atoms with Gasteiger partial charge in [0.1, 0.15) is 6.17 Å². The van der Waals surface area contributed by atoms with E-state index < -0.39 is 6.02 Å². The predicted molar refractivity (Wildman–Crippen MR) is 110 cm³/mol. The number of benzene rings is 1. The first kappa shape index (κ1) is 15.0. The van der Waals surface area contributed by atoms with Crippen molar-refractivity contribution in [3.8, 4) is 0 Å². The average Bonchev–Trinajstić information content (AvgIpc) is 3.16. The molecule has 0 fully saturated rings. The van der Waals surface area contributed by atoms with Crippen molar-refractivity contribution in [3.05, 3.63) is 54.4 Å². The molecule has 5 nitrogen and oxygen atoms in total. The summed E-state index contributed by atoms with van der Waals surface area (Å²) in [5, 5.41) is 2.06. The molecule has 0 unspecified atom stereocenters. The van der Waals surface area contributed by atoms with E-state index in [-0.39, 0.29) is 6.17 Å². The Morgan fingerprint density at radius 1 is 1.07 bits per heavy atom. The second kappa shape index (κ2) is 5.71. The largest absolute Gasteiger partial charge is 0.435 e. The molecule has 0 aliphatic carbocycles. The first-order chi connectivity index (χ1) is 13.4. The number of nitrogens with zero attached hydrogens (tertiary/aromatic N) is 4. The number of aromatic nitrogens is 2. The third kappa shape index (κ3) is 2.17. The molecule has 4 heterocycles. The highest BCUT2D eigenvalue weighted by Crippen LogP contribution is 2.47. The fourth-order valence-corrected chi connectivity index (χ4v) is 4.21. The number of aryl methyl sites for hydroxylation is 1. The Morgan fingerprint density at radius 3 is 2.67 bits per heavy atom. The second-order valence-electron chi connectivity index (χ2n) is 7.23.